The molecule has 0 saturated carbocycles. The molecule has 1 amide bonds. The minimum atomic E-state index is -0.563. The zero-order valence-electron chi connectivity index (χ0n) is 14.1. The Morgan fingerprint density at radius 3 is 2.20 bits per heavy atom. The molecule has 0 aliphatic heterocycles. The van der Waals surface area contributed by atoms with Crippen LogP contribution in [0.5, 0.6) is 0 Å². The SMILES string of the molecule is C[C@H](CC(=O)OCc1ccccc1)C(=O)NCC(=O)c1ccccc1. The maximum Gasteiger partial charge on any atom is 0.306 e. The Bertz CT molecular complexity index is 713. The van der Waals surface area contributed by atoms with E-state index in [1.165, 1.54) is 0 Å². The first-order valence-electron chi connectivity index (χ1n) is 8.12. The third kappa shape index (κ3) is 6.22. The molecule has 0 bridgehead atoms. The predicted octanol–water partition coefficient (Wildman–Crippen LogP) is 2.76. The molecular formula is C20H21NO4. The fourth-order valence-electron chi connectivity index (χ4n) is 2.21. The molecule has 0 heterocycles. The summed E-state index contributed by atoms with van der Waals surface area (Å²) >= 11 is 0. The number of ether oxygens (including phenoxy) is 1. The van der Waals surface area contributed by atoms with Crippen molar-refractivity contribution >= 4 is 17.7 Å². The van der Waals surface area contributed by atoms with Gasteiger partial charge in [0.15, 0.2) is 5.78 Å². The van der Waals surface area contributed by atoms with Gasteiger partial charge in [-0.2, -0.15) is 0 Å². The van der Waals surface area contributed by atoms with Crippen molar-refractivity contribution in [1.29, 1.82) is 0 Å². The first kappa shape index (κ1) is 18.4. The summed E-state index contributed by atoms with van der Waals surface area (Å²) < 4.78 is 5.16. The minimum absolute atomic E-state index is 0.0296. The smallest absolute Gasteiger partial charge is 0.306 e. The Labute approximate surface area is 147 Å². The molecule has 0 fully saturated rings. The van der Waals surface area contributed by atoms with Gasteiger partial charge in [0, 0.05) is 11.5 Å². The van der Waals surface area contributed by atoms with Gasteiger partial charge in [-0.15, -0.1) is 0 Å². The number of hydrogen-bond acceptors (Lipinski definition) is 4. The summed E-state index contributed by atoms with van der Waals surface area (Å²) in [6.07, 6.45) is -0.0296. The van der Waals surface area contributed by atoms with E-state index in [1.54, 1.807) is 31.2 Å². The van der Waals surface area contributed by atoms with Crippen LogP contribution in [0.2, 0.25) is 0 Å². The fraction of sp³-hybridized carbons (Fsp3) is 0.250. The molecule has 1 atom stereocenters. The third-order valence-corrected chi connectivity index (χ3v) is 3.68. The van der Waals surface area contributed by atoms with Crippen LogP contribution in [-0.4, -0.2) is 24.2 Å². The highest BCUT2D eigenvalue weighted by molar-refractivity contribution is 5.99. The zero-order valence-corrected chi connectivity index (χ0v) is 14.1. The molecule has 25 heavy (non-hydrogen) atoms. The van der Waals surface area contributed by atoms with Crippen molar-refractivity contribution in [2.45, 2.75) is 20.0 Å². The standard InChI is InChI=1S/C20H21NO4/c1-15(12-19(23)25-14-16-8-4-2-5-9-16)20(24)21-13-18(22)17-10-6-3-7-11-17/h2-11,15H,12-14H2,1H3,(H,21,24)/t15-/m1/s1. The van der Waals surface area contributed by atoms with Gasteiger partial charge in [0.25, 0.3) is 0 Å². The van der Waals surface area contributed by atoms with Crippen LogP contribution < -0.4 is 5.32 Å². The number of amides is 1. The van der Waals surface area contributed by atoms with Gasteiger partial charge in [-0.25, -0.2) is 0 Å². The average Bonchev–Trinajstić information content (AvgIpc) is 2.65. The van der Waals surface area contributed by atoms with Crippen LogP contribution >= 0.6 is 0 Å². The largest absolute Gasteiger partial charge is 0.461 e. The van der Waals surface area contributed by atoms with Crippen LogP contribution in [0.25, 0.3) is 0 Å². The molecule has 5 nitrogen and oxygen atoms in total. The van der Waals surface area contributed by atoms with E-state index in [4.69, 9.17) is 4.74 Å². The van der Waals surface area contributed by atoms with Gasteiger partial charge in [0.2, 0.25) is 5.91 Å². The van der Waals surface area contributed by atoms with E-state index in [0.29, 0.717) is 5.56 Å². The molecule has 2 aromatic carbocycles. The number of esters is 1. The van der Waals surface area contributed by atoms with Crippen LogP contribution in [-0.2, 0) is 20.9 Å². The van der Waals surface area contributed by atoms with E-state index in [2.05, 4.69) is 5.32 Å². The molecule has 0 saturated heterocycles. The van der Waals surface area contributed by atoms with E-state index < -0.39 is 11.9 Å². The lowest BCUT2D eigenvalue weighted by Crippen LogP contribution is -2.34. The maximum atomic E-state index is 12.0. The normalized spacial score (nSPS) is 11.4. The number of carbonyl (C=O) groups is 3. The highest BCUT2D eigenvalue weighted by Crippen LogP contribution is 2.07. The molecule has 0 aliphatic rings. The van der Waals surface area contributed by atoms with E-state index in [0.717, 1.165) is 5.56 Å². The molecule has 0 aromatic heterocycles. The first-order chi connectivity index (χ1) is 12.1. The predicted molar refractivity (Wildman–Crippen MR) is 93.8 cm³/mol. The summed E-state index contributed by atoms with van der Waals surface area (Å²) in [6.45, 7) is 1.72. The molecule has 2 aromatic rings. The summed E-state index contributed by atoms with van der Waals surface area (Å²) in [5.74, 6) is -1.53. The van der Waals surface area contributed by atoms with Crippen LogP contribution in [0, 0.1) is 5.92 Å². The molecule has 2 rings (SSSR count). The van der Waals surface area contributed by atoms with E-state index in [-0.39, 0.29) is 31.3 Å². The third-order valence-electron chi connectivity index (χ3n) is 3.68. The second-order valence-electron chi connectivity index (χ2n) is 5.76. The Balaban J connectivity index is 1.72. The molecule has 130 valence electrons. The van der Waals surface area contributed by atoms with Crippen molar-refractivity contribution in [3.8, 4) is 0 Å². The highest BCUT2D eigenvalue weighted by atomic mass is 16.5. The molecule has 0 radical (unpaired) electrons. The van der Waals surface area contributed by atoms with Gasteiger partial charge >= 0.3 is 5.97 Å². The van der Waals surface area contributed by atoms with E-state index in [9.17, 15) is 14.4 Å². The lowest BCUT2D eigenvalue weighted by molar-refractivity contribution is -0.147. The number of ketones is 1. The van der Waals surface area contributed by atoms with E-state index in [1.807, 2.05) is 36.4 Å². The van der Waals surface area contributed by atoms with Crippen molar-refractivity contribution in [1.82, 2.24) is 5.32 Å². The summed E-state index contributed by atoms with van der Waals surface area (Å²) in [7, 11) is 0. The quantitative estimate of drug-likeness (QED) is 0.593. The Hall–Kier alpha value is -2.95. The topological polar surface area (TPSA) is 72.5 Å². The van der Waals surface area contributed by atoms with Crippen molar-refractivity contribution in [2.24, 2.45) is 5.92 Å². The number of hydrogen-bond donors (Lipinski definition) is 1. The number of nitrogens with one attached hydrogen (secondary N) is 1. The average molecular weight is 339 g/mol. The van der Waals surface area contributed by atoms with Gasteiger partial charge < -0.3 is 10.1 Å². The Morgan fingerprint density at radius 1 is 0.960 bits per heavy atom. The molecular weight excluding hydrogens is 318 g/mol. The number of rotatable bonds is 8. The van der Waals surface area contributed by atoms with Gasteiger partial charge in [-0.1, -0.05) is 67.6 Å². The lowest BCUT2D eigenvalue weighted by atomic mass is 10.1. The Kier molecular flexibility index (Phi) is 6.89. The summed E-state index contributed by atoms with van der Waals surface area (Å²) in [6, 6.07) is 18.1. The first-order valence-corrected chi connectivity index (χ1v) is 8.12. The van der Waals surface area contributed by atoms with Crippen LogP contribution in [0.3, 0.4) is 0 Å². The molecule has 5 heteroatoms. The lowest BCUT2D eigenvalue weighted by Gasteiger charge is -2.12. The molecule has 0 aliphatic carbocycles. The van der Waals surface area contributed by atoms with Crippen LogP contribution in [0.4, 0.5) is 0 Å². The number of benzene rings is 2. The molecule has 1 N–H and O–H groups in total. The molecule has 0 unspecified atom stereocenters. The number of carbonyl (C=O) groups excluding carboxylic acids is 3. The zero-order chi connectivity index (χ0) is 18.1. The summed E-state index contributed by atoms with van der Waals surface area (Å²) in [5.41, 5.74) is 1.43. The van der Waals surface area contributed by atoms with Gasteiger partial charge in [0.05, 0.1) is 13.0 Å². The van der Waals surface area contributed by atoms with Crippen molar-refractivity contribution < 1.29 is 19.1 Å². The monoisotopic (exact) mass is 339 g/mol. The maximum absolute atomic E-state index is 12.0. The fourth-order valence-corrected chi connectivity index (χ4v) is 2.21. The van der Waals surface area contributed by atoms with Crippen LogP contribution in [0.1, 0.15) is 29.3 Å². The summed E-state index contributed by atoms with van der Waals surface area (Å²) in [4.78, 5) is 35.8. The van der Waals surface area contributed by atoms with Gasteiger partial charge in [-0.3, -0.25) is 14.4 Å². The van der Waals surface area contributed by atoms with Gasteiger partial charge in [-0.05, 0) is 5.56 Å². The highest BCUT2D eigenvalue weighted by Gasteiger charge is 2.18. The second kappa shape index (κ2) is 9.37. The molecule has 0 spiro atoms. The van der Waals surface area contributed by atoms with Crippen molar-refractivity contribution in [3.63, 3.8) is 0 Å². The second-order valence-corrected chi connectivity index (χ2v) is 5.76. The Morgan fingerprint density at radius 2 is 1.56 bits per heavy atom. The summed E-state index contributed by atoms with van der Waals surface area (Å²) in [5, 5.41) is 2.56. The minimum Gasteiger partial charge on any atom is -0.461 e. The van der Waals surface area contributed by atoms with Crippen LogP contribution in [0.15, 0.2) is 60.7 Å². The van der Waals surface area contributed by atoms with Gasteiger partial charge in [0.1, 0.15) is 6.61 Å². The van der Waals surface area contributed by atoms with Crippen molar-refractivity contribution in [3.05, 3.63) is 71.8 Å². The van der Waals surface area contributed by atoms with Crippen molar-refractivity contribution in [2.75, 3.05) is 6.54 Å². The number of Topliss-reactive ketones (excluding diaryl/α,β-unsaturated/α-hetero) is 1. The van der Waals surface area contributed by atoms with E-state index >= 15 is 0 Å².